The summed E-state index contributed by atoms with van der Waals surface area (Å²) in [6, 6.07) is 13.1. The second-order valence-corrected chi connectivity index (χ2v) is 8.69. The fourth-order valence-corrected chi connectivity index (χ4v) is 5.64. The SMILES string of the molecule is O=C(c1ccc2nc[nH]c2c1)N1CCCC2c3cc(C4=CCCC4)ccc3C[C@@H]21. The van der Waals surface area contributed by atoms with Gasteiger partial charge in [0, 0.05) is 24.1 Å². The van der Waals surface area contributed by atoms with E-state index in [4.69, 9.17) is 0 Å². The van der Waals surface area contributed by atoms with Gasteiger partial charge in [0.05, 0.1) is 17.4 Å². The number of nitrogens with zero attached hydrogens (tertiary/aromatic N) is 2. The van der Waals surface area contributed by atoms with E-state index in [1.165, 1.54) is 47.9 Å². The molecule has 0 spiro atoms. The summed E-state index contributed by atoms with van der Waals surface area (Å²) in [7, 11) is 0. The van der Waals surface area contributed by atoms with Gasteiger partial charge in [-0.25, -0.2) is 4.98 Å². The molecule has 0 bridgehead atoms. The molecule has 4 heteroatoms. The van der Waals surface area contributed by atoms with E-state index in [-0.39, 0.29) is 11.9 Å². The third-order valence-corrected chi connectivity index (χ3v) is 7.09. The molecule has 1 aromatic heterocycles. The number of rotatable bonds is 2. The van der Waals surface area contributed by atoms with Crippen molar-refractivity contribution in [2.24, 2.45) is 0 Å². The Labute approximate surface area is 170 Å². The van der Waals surface area contributed by atoms with Crippen LogP contribution in [0, 0.1) is 0 Å². The van der Waals surface area contributed by atoms with Crippen LogP contribution in [0.2, 0.25) is 0 Å². The molecule has 6 rings (SSSR count). The van der Waals surface area contributed by atoms with Gasteiger partial charge in [-0.1, -0.05) is 24.3 Å². The fraction of sp³-hybridized carbons (Fsp3) is 0.360. The molecule has 3 aliphatic rings. The maximum Gasteiger partial charge on any atom is 0.254 e. The van der Waals surface area contributed by atoms with Crippen molar-refractivity contribution in [2.75, 3.05) is 6.54 Å². The van der Waals surface area contributed by atoms with Crippen LogP contribution in [0.15, 0.2) is 48.8 Å². The highest BCUT2D eigenvalue weighted by Gasteiger charge is 2.41. The van der Waals surface area contributed by atoms with Crippen molar-refractivity contribution in [2.45, 2.75) is 50.5 Å². The predicted molar refractivity (Wildman–Crippen MR) is 115 cm³/mol. The summed E-state index contributed by atoms with van der Waals surface area (Å²) in [6.45, 7) is 0.854. The number of aromatic nitrogens is 2. The Balaban J connectivity index is 1.31. The van der Waals surface area contributed by atoms with Crippen molar-refractivity contribution in [3.05, 3.63) is 71.1 Å². The molecule has 2 heterocycles. The summed E-state index contributed by atoms with van der Waals surface area (Å²) < 4.78 is 0. The van der Waals surface area contributed by atoms with Crippen LogP contribution in [0.1, 0.15) is 65.1 Å². The summed E-state index contributed by atoms with van der Waals surface area (Å²) in [4.78, 5) is 22.9. The summed E-state index contributed by atoms with van der Waals surface area (Å²) in [6.07, 6.45) is 11.0. The number of piperidine rings is 1. The molecule has 146 valence electrons. The van der Waals surface area contributed by atoms with Gasteiger partial charge < -0.3 is 9.88 Å². The second-order valence-electron chi connectivity index (χ2n) is 8.69. The number of nitrogens with one attached hydrogen (secondary N) is 1. The Morgan fingerprint density at radius 2 is 2.10 bits per heavy atom. The average Bonchev–Trinajstić information content (AvgIpc) is 3.51. The number of amides is 1. The first-order valence-corrected chi connectivity index (χ1v) is 10.8. The summed E-state index contributed by atoms with van der Waals surface area (Å²) in [5, 5.41) is 0. The van der Waals surface area contributed by atoms with Crippen LogP contribution in [0.5, 0.6) is 0 Å². The number of likely N-dealkylation sites (tertiary alicyclic amines) is 1. The van der Waals surface area contributed by atoms with Gasteiger partial charge in [-0.3, -0.25) is 4.79 Å². The zero-order valence-corrected chi connectivity index (χ0v) is 16.5. The molecular weight excluding hydrogens is 358 g/mol. The number of carbonyl (C=O) groups excluding carboxylic acids is 1. The van der Waals surface area contributed by atoms with Gasteiger partial charge in [0.2, 0.25) is 0 Å². The van der Waals surface area contributed by atoms with Crippen LogP contribution in [-0.2, 0) is 6.42 Å². The third kappa shape index (κ3) is 2.73. The number of imidazole rings is 1. The quantitative estimate of drug-likeness (QED) is 0.671. The van der Waals surface area contributed by atoms with Crippen LogP contribution in [0.25, 0.3) is 16.6 Å². The molecule has 0 radical (unpaired) electrons. The molecule has 0 saturated carbocycles. The molecule has 1 aliphatic heterocycles. The van der Waals surface area contributed by atoms with E-state index in [0.717, 1.165) is 36.0 Å². The highest BCUT2D eigenvalue weighted by molar-refractivity contribution is 5.97. The summed E-state index contributed by atoms with van der Waals surface area (Å²) in [5.74, 6) is 0.628. The number of fused-ring (bicyclic) bond motifs is 4. The lowest BCUT2D eigenvalue weighted by atomic mass is 9.87. The van der Waals surface area contributed by atoms with E-state index < -0.39 is 0 Å². The lowest BCUT2D eigenvalue weighted by molar-refractivity contribution is 0.0595. The second kappa shape index (κ2) is 6.58. The molecule has 1 fully saturated rings. The zero-order chi connectivity index (χ0) is 19.4. The van der Waals surface area contributed by atoms with Gasteiger partial charge in [-0.05, 0) is 79.0 Å². The Kier molecular flexibility index (Phi) is 3.86. The minimum atomic E-state index is 0.155. The molecular formula is C25H25N3O. The first-order chi connectivity index (χ1) is 14.3. The first kappa shape index (κ1) is 17.0. The van der Waals surface area contributed by atoms with Crippen molar-refractivity contribution < 1.29 is 4.79 Å². The first-order valence-electron chi connectivity index (χ1n) is 10.8. The number of aromatic amines is 1. The molecule has 2 aliphatic carbocycles. The van der Waals surface area contributed by atoms with Crippen LogP contribution in [-0.4, -0.2) is 33.4 Å². The van der Waals surface area contributed by atoms with E-state index in [1.54, 1.807) is 6.33 Å². The van der Waals surface area contributed by atoms with Crippen molar-refractivity contribution in [3.63, 3.8) is 0 Å². The van der Waals surface area contributed by atoms with Crippen LogP contribution >= 0.6 is 0 Å². The topological polar surface area (TPSA) is 49.0 Å². The standard InChI is InChI=1S/C25H25N3O/c29-25(19-9-10-22-23(13-19)27-15-26-22)28-11-3-6-20-21-12-17(16-4-1-2-5-16)7-8-18(21)14-24(20)28/h4,7-10,12-13,15,20,24H,1-3,5-6,11,14H2,(H,26,27)/t20?,24-/m0/s1. The van der Waals surface area contributed by atoms with Crippen molar-refractivity contribution >= 4 is 22.5 Å². The number of hydrogen-bond acceptors (Lipinski definition) is 2. The number of hydrogen-bond donors (Lipinski definition) is 1. The predicted octanol–water partition coefficient (Wildman–Crippen LogP) is 5.07. The number of benzene rings is 2. The molecule has 2 aromatic carbocycles. The molecule has 1 amide bonds. The van der Waals surface area contributed by atoms with E-state index >= 15 is 0 Å². The van der Waals surface area contributed by atoms with Crippen LogP contribution in [0.3, 0.4) is 0 Å². The van der Waals surface area contributed by atoms with Crippen molar-refractivity contribution in [1.29, 1.82) is 0 Å². The maximum absolute atomic E-state index is 13.4. The normalized spacial score (nSPS) is 23.2. The minimum Gasteiger partial charge on any atom is -0.345 e. The summed E-state index contributed by atoms with van der Waals surface area (Å²) in [5.41, 5.74) is 8.42. The lowest BCUT2D eigenvalue weighted by Gasteiger charge is -2.38. The zero-order valence-electron chi connectivity index (χ0n) is 16.5. The smallest absolute Gasteiger partial charge is 0.254 e. The van der Waals surface area contributed by atoms with Gasteiger partial charge in [0.25, 0.3) is 5.91 Å². The monoisotopic (exact) mass is 383 g/mol. The van der Waals surface area contributed by atoms with E-state index in [9.17, 15) is 4.79 Å². The van der Waals surface area contributed by atoms with Gasteiger partial charge in [-0.15, -0.1) is 0 Å². The van der Waals surface area contributed by atoms with Gasteiger partial charge in [0.15, 0.2) is 0 Å². The Morgan fingerprint density at radius 1 is 1.14 bits per heavy atom. The minimum absolute atomic E-state index is 0.155. The van der Waals surface area contributed by atoms with Gasteiger partial charge in [-0.2, -0.15) is 0 Å². The van der Waals surface area contributed by atoms with Crippen molar-refractivity contribution in [3.8, 4) is 0 Å². The van der Waals surface area contributed by atoms with Crippen LogP contribution in [0.4, 0.5) is 0 Å². The fourth-order valence-electron chi connectivity index (χ4n) is 5.64. The molecule has 4 nitrogen and oxygen atoms in total. The van der Waals surface area contributed by atoms with Crippen molar-refractivity contribution in [1.82, 2.24) is 14.9 Å². The molecule has 1 N–H and O–H groups in total. The molecule has 1 saturated heterocycles. The number of carbonyl (C=O) groups is 1. The molecule has 29 heavy (non-hydrogen) atoms. The van der Waals surface area contributed by atoms with Gasteiger partial charge in [0.1, 0.15) is 0 Å². The molecule has 1 unspecified atom stereocenters. The Hall–Kier alpha value is -2.88. The lowest BCUT2D eigenvalue weighted by Crippen LogP contribution is -2.46. The van der Waals surface area contributed by atoms with E-state index in [2.05, 4.69) is 39.1 Å². The maximum atomic E-state index is 13.4. The highest BCUT2D eigenvalue weighted by atomic mass is 16.2. The number of H-pyrrole nitrogens is 1. The highest BCUT2D eigenvalue weighted by Crippen LogP contribution is 2.44. The third-order valence-electron chi connectivity index (χ3n) is 7.09. The van der Waals surface area contributed by atoms with E-state index in [1.807, 2.05) is 18.2 Å². The Morgan fingerprint density at radius 3 is 3.00 bits per heavy atom. The summed E-state index contributed by atoms with van der Waals surface area (Å²) >= 11 is 0. The van der Waals surface area contributed by atoms with Crippen LogP contribution < -0.4 is 0 Å². The Bertz CT molecular complexity index is 1140. The van der Waals surface area contributed by atoms with Gasteiger partial charge >= 0.3 is 0 Å². The molecule has 2 atom stereocenters. The number of allylic oxidation sites excluding steroid dienone is 2. The average molecular weight is 383 g/mol. The largest absolute Gasteiger partial charge is 0.345 e. The van der Waals surface area contributed by atoms with E-state index in [0.29, 0.717) is 5.92 Å². The molecule has 3 aromatic rings.